The van der Waals surface area contributed by atoms with Crippen molar-refractivity contribution in [2.75, 3.05) is 19.3 Å². The average Bonchev–Trinajstić information content (AvgIpc) is 2.90. The summed E-state index contributed by atoms with van der Waals surface area (Å²) in [4.78, 5) is 18.0. The number of aromatic nitrogens is 1. The van der Waals surface area contributed by atoms with Gasteiger partial charge in [-0.2, -0.15) is 0 Å². The topological polar surface area (TPSA) is 73.7 Å². The molecule has 2 atom stereocenters. The highest BCUT2D eigenvalue weighted by Gasteiger charge is 2.40. The minimum absolute atomic E-state index is 0.162. The maximum absolute atomic E-state index is 12.2. The van der Waals surface area contributed by atoms with Gasteiger partial charge in [0.25, 0.3) is 5.91 Å². The molecule has 7 heteroatoms. The maximum atomic E-state index is 12.2. The molecule has 5 nitrogen and oxygen atoms in total. The molecular weight excluding hydrogens is 284 g/mol. The van der Waals surface area contributed by atoms with E-state index in [1.165, 1.54) is 23.1 Å². The molecule has 2 heterocycles. The first-order chi connectivity index (χ1) is 9.00. The molecule has 1 amide bonds. The van der Waals surface area contributed by atoms with E-state index < -0.39 is 11.7 Å². The molecule has 0 aliphatic carbocycles. The van der Waals surface area contributed by atoms with Crippen molar-refractivity contribution in [2.45, 2.75) is 35.8 Å². The van der Waals surface area contributed by atoms with E-state index in [1.54, 1.807) is 10.3 Å². The van der Waals surface area contributed by atoms with E-state index in [-0.39, 0.29) is 12.5 Å². The van der Waals surface area contributed by atoms with Gasteiger partial charge >= 0.3 is 0 Å². The van der Waals surface area contributed by atoms with Crippen LogP contribution in [0.1, 0.15) is 30.3 Å². The second-order valence-corrected chi connectivity index (χ2v) is 6.59. The Morgan fingerprint density at radius 1 is 1.74 bits per heavy atom. The molecular formula is C12H18N2O3S2. The Kier molecular flexibility index (Phi) is 4.50. The second kappa shape index (κ2) is 5.78. The van der Waals surface area contributed by atoms with Gasteiger partial charge in [0, 0.05) is 18.5 Å². The third-order valence-electron chi connectivity index (χ3n) is 3.60. The Balaban J connectivity index is 2.06. The van der Waals surface area contributed by atoms with Gasteiger partial charge in [0.15, 0.2) is 0 Å². The van der Waals surface area contributed by atoms with Crippen LogP contribution in [0, 0.1) is 0 Å². The van der Waals surface area contributed by atoms with E-state index in [1.807, 2.05) is 13.2 Å². The lowest BCUT2D eigenvalue weighted by Gasteiger charge is -2.41. The zero-order valence-corrected chi connectivity index (χ0v) is 12.6. The minimum atomic E-state index is -1.07. The fourth-order valence-corrected chi connectivity index (χ4v) is 3.41. The number of nitrogens with zero attached hydrogens (tertiary/aromatic N) is 2. The number of carbonyl (C=O) groups is 1. The Morgan fingerprint density at radius 2 is 2.47 bits per heavy atom. The van der Waals surface area contributed by atoms with Crippen LogP contribution in [0.5, 0.6) is 0 Å². The number of thioether (sulfide) groups is 1. The number of likely N-dealkylation sites (tertiary alicyclic amines) is 1. The van der Waals surface area contributed by atoms with Gasteiger partial charge in [-0.15, -0.1) is 11.3 Å². The number of rotatable bonds is 3. The van der Waals surface area contributed by atoms with Crippen molar-refractivity contribution in [3.63, 3.8) is 0 Å². The lowest BCUT2D eigenvalue weighted by atomic mass is 9.86. The third-order valence-corrected chi connectivity index (χ3v) is 5.47. The summed E-state index contributed by atoms with van der Waals surface area (Å²) in [5.41, 5.74) is -0.646. The summed E-state index contributed by atoms with van der Waals surface area (Å²) in [6, 6.07) is 0. The molecule has 1 aromatic heterocycles. The summed E-state index contributed by atoms with van der Waals surface area (Å²) >= 11 is 2.94. The van der Waals surface area contributed by atoms with Gasteiger partial charge in [-0.3, -0.25) is 4.79 Å². The Morgan fingerprint density at radius 3 is 3.00 bits per heavy atom. The number of aliphatic hydroxyl groups excluding tert-OH is 1. The summed E-state index contributed by atoms with van der Waals surface area (Å²) in [7, 11) is 0. The van der Waals surface area contributed by atoms with Gasteiger partial charge in [0.05, 0.1) is 5.60 Å². The van der Waals surface area contributed by atoms with Crippen LogP contribution in [0.4, 0.5) is 0 Å². The molecule has 106 valence electrons. The molecule has 2 N–H and O–H groups in total. The first-order valence-corrected chi connectivity index (χ1v) is 8.30. The molecule has 1 aromatic rings. The normalized spacial score (nSPS) is 27.6. The van der Waals surface area contributed by atoms with E-state index >= 15 is 0 Å². The van der Waals surface area contributed by atoms with Crippen LogP contribution in [0.3, 0.4) is 0 Å². The lowest BCUT2D eigenvalue weighted by molar-refractivity contribution is -0.114. The predicted molar refractivity (Wildman–Crippen MR) is 75.7 cm³/mol. The highest BCUT2D eigenvalue weighted by atomic mass is 32.2. The minimum Gasteiger partial charge on any atom is -0.388 e. The zero-order chi connectivity index (χ0) is 14.0. The number of piperidine rings is 1. The molecule has 0 saturated carbocycles. The van der Waals surface area contributed by atoms with Gasteiger partial charge in [-0.1, -0.05) is 18.7 Å². The van der Waals surface area contributed by atoms with E-state index in [4.69, 9.17) is 0 Å². The third kappa shape index (κ3) is 2.94. The molecule has 0 unspecified atom stereocenters. The van der Waals surface area contributed by atoms with Crippen molar-refractivity contribution in [1.82, 2.24) is 9.88 Å². The summed E-state index contributed by atoms with van der Waals surface area (Å²) in [6.07, 6.45) is 1.91. The van der Waals surface area contributed by atoms with E-state index in [0.717, 1.165) is 4.34 Å². The highest BCUT2D eigenvalue weighted by Crippen LogP contribution is 2.27. The van der Waals surface area contributed by atoms with Crippen molar-refractivity contribution in [1.29, 1.82) is 0 Å². The molecule has 1 saturated heterocycles. The Hall–Kier alpha value is -0.630. The molecule has 0 spiro atoms. The van der Waals surface area contributed by atoms with E-state index in [0.29, 0.717) is 25.1 Å². The largest absolute Gasteiger partial charge is 0.388 e. The first-order valence-electron chi connectivity index (χ1n) is 6.19. The van der Waals surface area contributed by atoms with E-state index in [2.05, 4.69) is 4.98 Å². The number of hydrogen-bond donors (Lipinski definition) is 2. The second-order valence-electron chi connectivity index (χ2n) is 4.68. The number of carbonyl (C=O) groups excluding carboxylic acids is 1. The van der Waals surface area contributed by atoms with Crippen LogP contribution in [0.15, 0.2) is 9.72 Å². The lowest BCUT2D eigenvalue weighted by Crippen LogP contribution is -2.56. The molecule has 19 heavy (non-hydrogen) atoms. The van der Waals surface area contributed by atoms with Crippen LogP contribution in [0.25, 0.3) is 0 Å². The van der Waals surface area contributed by atoms with E-state index in [9.17, 15) is 15.0 Å². The van der Waals surface area contributed by atoms with Gasteiger partial charge in [0.2, 0.25) is 0 Å². The number of thiazole rings is 1. The molecule has 1 fully saturated rings. The highest BCUT2D eigenvalue weighted by molar-refractivity contribution is 8.00. The molecule has 0 aromatic carbocycles. The van der Waals surface area contributed by atoms with Crippen molar-refractivity contribution in [2.24, 2.45) is 0 Å². The number of amides is 1. The standard InChI is InChI=1S/C12H18N2O3S2/c1-3-12(17)4-5-14(6-9(12)15)10(16)8-7-19-11(13-8)18-2/h7,9,15,17H,3-6H2,1-2H3/t9-,12-/m0/s1. The number of aliphatic hydroxyl groups is 2. The monoisotopic (exact) mass is 302 g/mol. The summed E-state index contributed by atoms with van der Waals surface area (Å²) in [5, 5.41) is 21.9. The van der Waals surface area contributed by atoms with Crippen LogP contribution in [-0.2, 0) is 0 Å². The van der Waals surface area contributed by atoms with Crippen molar-refractivity contribution < 1.29 is 15.0 Å². The van der Waals surface area contributed by atoms with Gasteiger partial charge < -0.3 is 15.1 Å². The number of β-amino-alcohol motifs (C(OH)–C–C–N with tert-alkyl or cyclic N) is 1. The molecule has 1 aliphatic heterocycles. The van der Waals surface area contributed by atoms with Crippen molar-refractivity contribution in [3.8, 4) is 0 Å². The maximum Gasteiger partial charge on any atom is 0.273 e. The van der Waals surface area contributed by atoms with Crippen LogP contribution >= 0.6 is 23.1 Å². The van der Waals surface area contributed by atoms with Gasteiger partial charge in [-0.05, 0) is 19.1 Å². The van der Waals surface area contributed by atoms with Crippen LogP contribution < -0.4 is 0 Å². The van der Waals surface area contributed by atoms with Gasteiger partial charge in [0.1, 0.15) is 16.1 Å². The van der Waals surface area contributed by atoms with Crippen LogP contribution in [-0.4, -0.2) is 57.1 Å². The molecule has 0 radical (unpaired) electrons. The van der Waals surface area contributed by atoms with Crippen molar-refractivity contribution in [3.05, 3.63) is 11.1 Å². The Bertz CT molecular complexity index is 466. The fraction of sp³-hybridized carbons (Fsp3) is 0.667. The molecule has 1 aliphatic rings. The molecule has 0 bridgehead atoms. The van der Waals surface area contributed by atoms with Crippen molar-refractivity contribution >= 4 is 29.0 Å². The SMILES string of the molecule is CC[C@]1(O)CCN(C(=O)c2csc(SC)n2)C[C@@H]1O. The van der Waals surface area contributed by atoms with Gasteiger partial charge in [-0.25, -0.2) is 4.98 Å². The molecule has 2 rings (SSSR count). The zero-order valence-electron chi connectivity index (χ0n) is 11.0. The summed E-state index contributed by atoms with van der Waals surface area (Å²) in [5.74, 6) is -0.172. The number of hydrogen-bond acceptors (Lipinski definition) is 6. The van der Waals surface area contributed by atoms with Crippen LogP contribution in [0.2, 0.25) is 0 Å². The fourth-order valence-electron chi connectivity index (χ4n) is 2.17. The quantitative estimate of drug-likeness (QED) is 0.821. The first kappa shape index (κ1) is 14.8. The summed E-state index contributed by atoms with van der Waals surface area (Å²) in [6.45, 7) is 2.45. The Labute approximate surface area is 120 Å². The average molecular weight is 302 g/mol. The summed E-state index contributed by atoms with van der Waals surface area (Å²) < 4.78 is 0.853. The predicted octanol–water partition coefficient (Wildman–Crippen LogP) is 1.21. The smallest absolute Gasteiger partial charge is 0.273 e.